The van der Waals surface area contributed by atoms with Crippen LogP contribution < -0.4 is 5.32 Å². The van der Waals surface area contributed by atoms with Crippen LogP contribution in [0.1, 0.15) is 36.5 Å². The third-order valence-electron chi connectivity index (χ3n) is 4.83. The Bertz CT molecular complexity index is 583. The second-order valence-electron chi connectivity index (χ2n) is 6.64. The maximum atomic E-state index is 12.0. The van der Waals surface area contributed by atoms with Gasteiger partial charge in [-0.2, -0.15) is 0 Å². The molecule has 0 bridgehead atoms. The molecule has 1 amide bonds. The maximum Gasteiger partial charge on any atom is 0.307 e. The largest absolute Gasteiger partial charge is 0.481 e. The molecule has 1 aromatic rings. The van der Waals surface area contributed by atoms with E-state index in [-0.39, 0.29) is 23.8 Å². The smallest absolute Gasteiger partial charge is 0.307 e. The molecular weight excluding hydrogens is 294 g/mol. The van der Waals surface area contributed by atoms with E-state index in [9.17, 15) is 9.59 Å². The molecule has 3 rings (SSSR count). The molecule has 1 saturated carbocycles. The number of nitrogens with one attached hydrogen (secondary N) is 1. The second-order valence-corrected chi connectivity index (χ2v) is 6.64. The summed E-state index contributed by atoms with van der Waals surface area (Å²) >= 11 is 0. The van der Waals surface area contributed by atoms with E-state index in [0.717, 1.165) is 25.0 Å². The van der Waals surface area contributed by atoms with E-state index in [4.69, 9.17) is 9.84 Å². The minimum atomic E-state index is -0.872. The number of carboxylic acid groups (broad SMARTS) is 1. The Kier molecular flexibility index (Phi) is 4.66. The van der Waals surface area contributed by atoms with Crippen LogP contribution >= 0.6 is 0 Å². The Balaban J connectivity index is 1.58. The zero-order valence-corrected chi connectivity index (χ0v) is 13.3. The van der Waals surface area contributed by atoms with Crippen LogP contribution in [0, 0.1) is 24.7 Å². The van der Waals surface area contributed by atoms with Gasteiger partial charge in [0.15, 0.2) is 0 Å². The lowest BCUT2D eigenvalue weighted by molar-refractivity contribution is -0.140. The quantitative estimate of drug-likeness (QED) is 0.874. The first kappa shape index (κ1) is 16.0. The Morgan fingerprint density at radius 1 is 1.26 bits per heavy atom. The molecule has 1 aliphatic heterocycles. The average Bonchev–Trinajstić information content (AvgIpc) is 3.35. The average molecular weight is 317 g/mol. The highest BCUT2D eigenvalue weighted by Crippen LogP contribution is 2.39. The standard InChI is InChI=1S/C18H23NO4/c1-11-4-6-12(7-5-11)16-13(3-2-8-23-16)10-19-17(20)14-9-15(14)18(21)22/h4-7,13-16H,2-3,8-10H2,1H3,(H,19,20)(H,21,22)/t13-,14+,15-,16+/m1/s1. The number of benzene rings is 1. The molecular formula is C18H23NO4. The third-order valence-corrected chi connectivity index (χ3v) is 4.83. The maximum absolute atomic E-state index is 12.0. The summed E-state index contributed by atoms with van der Waals surface area (Å²) in [4.78, 5) is 22.9. The van der Waals surface area contributed by atoms with Gasteiger partial charge in [-0.1, -0.05) is 29.8 Å². The third kappa shape index (κ3) is 3.72. The molecule has 1 aliphatic carbocycles. The van der Waals surface area contributed by atoms with Crippen molar-refractivity contribution in [2.24, 2.45) is 17.8 Å². The first-order chi connectivity index (χ1) is 11.1. The van der Waals surface area contributed by atoms with Gasteiger partial charge in [-0.05, 0) is 31.7 Å². The van der Waals surface area contributed by atoms with Crippen molar-refractivity contribution in [3.63, 3.8) is 0 Å². The fourth-order valence-electron chi connectivity index (χ4n) is 3.30. The summed E-state index contributed by atoms with van der Waals surface area (Å²) in [5, 5.41) is 11.8. The Hall–Kier alpha value is -1.88. The second kappa shape index (κ2) is 6.71. The van der Waals surface area contributed by atoms with Crippen LogP contribution in [-0.4, -0.2) is 30.1 Å². The lowest BCUT2D eigenvalue weighted by atomic mass is 9.89. The normalized spacial score (nSPS) is 29.8. The van der Waals surface area contributed by atoms with Gasteiger partial charge >= 0.3 is 5.97 Å². The van der Waals surface area contributed by atoms with Crippen LogP contribution in [-0.2, 0) is 14.3 Å². The van der Waals surface area contributed by atoms with Crippen molar-refractivity contribution in [1.29, 1.82) is 0 Å². The first-order valence-corrected chi connectivity index (χ1v) is 8.25. The number of carboxylic acids is 1. The van der Waals surface area contributed by atoms with Gasteiger partial charge in [0, 0.05) is 19.1 Å². The number of carbonyl (C=O) groups excluding carboxylic acids is 1. The predicted octanol–water partition coefficient (Wildman–Crippen LogP) is 2.30. The molecule has 2 fully saturated rings. The van der Waals surface area contributed by atoms with Gasteiger partial charge in [-0.15, -0.1) is 0 Å². The summed E-state index contributed by atoms with van der Waals surface area (Å²) in [7, 11) is 0. The van der Waals surface area contributed by atoms with Gasteiger partial charge in [-0.3, -0.25) is 9.59 Å². The van der Waals surface area contributed by atoms with Gasteiger partial charge in [0.2, 0.25) is 5.91 Å². The lowest BCUT2D eigenvalue weighted by Crippen LogP contribution is -2.36. The van der Waals surface area contributed by atoms with Crippen molar-refractivity contribution >= 4 is 11.9 Å². The zero-order chi connectivity index (χ0) is 16.4. The van der Waals surface area contributed by atoms with Crippen molar-refractivity contribution in [2.75, 3.05) is 13.2 Å². The van der Waals surface area contributed by atoms with E-state index >= 15 is 0 Å². The highest BCUT2D eigenvalue weighted by Gasteiger charge is 2.48. The van der Waals surface area contributed by atoms with Crippen LogP contribution in [0.2, 0.25) is 0 Å². The van der Waals surface area contributed by atoms with Crippen LogP contribution in [0.3, 0.4) is 0 Å². The summed E-state index contributed by atoms with van der Waals surface area (Å²) in [6.07, 6.45) is 2.46. The minimum absolute atomic E-state index is 0.000811. The molecule has 1 heterocycles. The molecule has 5 nitrogen and oxygen atoms in total. The van der Waals surface area contributed by atoms with E-state index in [2.05, 4.69) is 36.5 Å². The number of ether oxygens (including phenoxy) is 1. The van der Waals surface area contributed by atoms with E-state index in [1.807, 2.05) is 0 Å². The van der Waals surface area contributed by atoms with Crippen LogP contribution in [0.15, 0.2) is 24.3 Å². The van der Waals surface area contributed by atoms with E-state index in [0.29, 0.717) is 13.0 Å². The lowest BCUT2D eigenvalue weighted by Gasteiger charge is -2.32. The van der Waals surface area contributed by atoms with Gasteiger partial charge in [-0.25, -0.2) is 0 Å². The van der Waals surface area contributed by atoms with E-state index < -0.39 is 11.9 Å². The van der Waals surface area contributed by atoms with Gasteiger partial charge in [0.1, 0.15) is 0 Å². The molecule has 2 N–H and O–H groups in total. The number of amides is 1. The monoisotopic (exact) mass is 317 g/mol. The fourth-order valence-corrected chi connectivity index (χ4v) is 3.30. The molecule has 2 aliphatic rings. The number of carbonyl (C=O) groups is 2. The van der Waals surface area contributed by atoms with Gasteiger partial charge < -0.3 is 15.2 Å². The molecule has 0 aromatic heterocycles. The number of aliphatic carboxylic acids is 1. The van der Waals surface area contributed by atoms with Crippen molar-refractivity contribution in [2.45, 2.75) is 32.3 Å². The van der Waals surface area contributed by atoms with Crippen molar-refractivity contribution < 1.29 is 19.4 Å². The molecule has 124 valence electrons. The van der Waals surface area contributed by atoms with E-state index in [1.165, 1.54) is 5.56 Å². The van der Waals surface area contributed by atoms with Gasteiger partial charge in [0.25, 0.3) is 0 Å². The Morgan fingerprint density at radius 2 is 2.00 bits per heavy atom. The summed E-state index contributed by atoms with van der Waals surface area (Å²) in [6.45, 7) is 3.34. The molecule has 0 unspecified atom stereocenters. The summed E-state index contributed by atoms with van der Waals surface area (Å²) in [6, 6.07) is 8.32. The van der Waals surface area contributed by atoms with Crippen molar-refractivity contribution in [3.8, 4) is 0 Å². The number of hydrogen-bond donors (Lipinski definition) is 2. The summed E-state index contributed by atoms with van der Waals surface area (Å²) in [5.41, 5.74) is 2.35. The highest BCUT2D eigenvalue weighted by molar-refractivity contribution is 5.89. The molecule has 23 heavy (non-hydrogen) atoms. The number of aryl methyl sites for hydroxylation is 1. The Morgan fingerprint density at radius 3 is 2.65 bits per heavy atom. The molecule has 5 heteroatoms. The summed E-state index contributed by atoms with van der Waals surface area (Å²) in [5.74, 6) is -1.62. The molecule has 4 atom stereocenters. The zero-order valence-electron chi connectivity index (χ0n) is 13.3. The molecule has 0 radical (unpaired) electrons. The molecule has 1 aromatic carbocycles. The van der Waals surface area contributed by atoms with Crippen molar-refractivity contribution in [3.05, 3.63) is 35.4 Å². The molecule has 0 spiro atoms. The highest BCUT2D eigenvalue weighted by atomic mass is 16.5. The number of hydrogen-bond acceptors (Lipinski definition) is 3. The Labute approximate surface area is 136 Å². The predicted molar refractivity (Wildman–Crippen MR) is 84.8 cm³/mol. The SMILES string of the molecule is Cc1ccc([C@@H]2OCCC[C@@H]2CNC(=O)[C@H]2C[C@H]2C(=O)O)cc1. The molecule has 1 saturated heterocycles. The van der Waals surface area contributed by atoms with Crippen LogP contribution in [0.5, 0.6) is 0 Å². The van der Waals surface area contributed by atoms with Gasteiger partial charge in [0.05, 0.1) is 17.9 Å². The van der Waals surface area contributed by atoms with Crippen molar-refractivity contribution in [1.82, 2.24) is 5.32 Å². The summed E-state index contributed by atoms with van der Waals surface area (Å²) < 4.78 is 5.94. The first-order valence-electron chi connectivity index (χ1n) is 8.25. The fraction of sp³-hybridized carbons (Fsp3) is 0.556. The topological polar surface area (TPSA) is 75.6 Å². The number of rotatable bonds is 5. The van der Waals surface area contributed by atoms with Crippen LogP contribution in [0.4, 0.5) is 0 Å². The minimum Gasteiger partial charge on any atom is -0.481 e. The van der Waals surface area contributed by atoms with Crippen LogP contribution in [0.25, 0.3) is 0 Å². The van der Waals surface area contributed by atoms with E-state index in [1.54, 1.807) is 0 Å².